The van der Waals surface area contributed by atoms with Crippen molar-refractivity contribution in [1.29, 1.82) is 0 Å². The summed E-state index contributed by atoms with van der Waals surface area (Å²) in [6.45, 7) is 7.56. The number of nitro benzene ring substituents is 1. The van der Waals surface area contributed by atoms with Crippen LogP contribution in [0.25, 0.3) is 0 Å². The first-order chi connectivity index (χ1) is 11.2. The van der Waals surface area contributed by atoms with E-state index in [9.17, 15) is 14.9 Å². The lowest BCUT2D eigenvalue weighted by Gasteiger charge is -2.37. The van der Waals surface area contributed by atoms with Crippen LogP contribution in [0.3, 0.4) is 0 Å². The molecule has 1 aromatic carbocycles. The summed E-state index contributed by atoms with van der Waals surface area (Å²) in [4.78, 5) is 26.4. The standard InChI is InChI=1S/C16H23N3O5/c1-16(2,3)24-15(20)18-10-8-17(9-11-18)12-6-5-7-13(19(21)22)14(12)23-4/h5-7H,8-11H2,1-4H3. The maximum atomic E-state index is 12.1. The van der Waals surface area contributed by atoms with Crippen LogP contribution in [0.15, 0.2) is 18.2 Å². The lowest BCUT2D eigenvalue weighted by Crippen LogP contribution is -2.50. The largest absolute Gasteiger partial charge is 0.489 e. The molecule has 132 valence electrons. The van der Waals surface area contributed by atoms with Gasteiger partial charge in [-0.2, -0.15) is 0 Å². The van der Waals surface area contributed by atoms with Crippen molar-refractivity contribution in [2.75, 3.05) is 38.2 Å². The quantitative estimate of drug-likeness (QED) is 0.623. The van der Waals surface area contributed by atoms with E-state index in [2.05, 4.69) is 0 Å². The summed E-state index contributed by atoms with van der Waals surface area (Å²) < 4.78 is 10.6. The molecular formula is C16H23N3O5. The van der Waals surface area contributed by atoms with E-state index in [0.717, 1.165) is 0 Å². The van der Waals surface area contributed by atoms with Gasteiger partial charge in [0.1, 0.15) is 5.60 Å². The molecule has 8 heteroatoms. The molecule has 0 radical (unpaired) electrons. The van der Waals surface area contributed by atoms with Gasteiger partial charge in [0.15, 0.2) is 0 Å². The maximum absolute atomic E-state index is 12.1. The van der Waals surface area contributed by atoms with Crippen LogP contribution in [0, 0.1) is 10.1 Å². The maximum Gasteiger partial charge on any atom is 0.410 e. The van der Waals surface area contributed by atoms with Crippen LogP contribution < -0.4 is 9.64 Å². The first kappa shape index (κ1) is 17.8. The smallest absolute Gasteiger partial charge is 0.410 e. The molecule has 1 aliphatic rings. The summed E-state index contributed by atoms with van der Waals surface area (Å²) in [6.07, 6.45) is -0.340. The van der Waals surface area contributed by atoms with Crippen LogP contribution in [-0.4, -0.2) is 54.8 Å². The highest BCUT2D eigenvalue weighted by Gasteiger charge is 2.28. The van der Waals surface area contributed by atoms with Gasteiger partial charge in [-0.05, 0) is 26.8 Å². The molecule has 0 aliphatic carbocycles. The third kappa shape index (κ3) is 4.06. The Kier molecular flexibility index (Phi) is 5.16. The lowest BCUT2D eigenvalue weighted by molar-refractivity contribution is -0.385. The summed E-state index contributed by atoms with van der Waals surface area (Å²) in [5.41, 5.74) is 0.0670. The monoisotopic (exact) mass is 337 g/mol. The Balaban J connectivity index is 2.09. The number of rotatable bonds is 3. The fourth-order valence-electron chi connectivity index (χ4n) is 2.57. The van der Waals surface area contributed by atoms with Crippen molar-refractivity contribution in [3.05, 3.63) is 28.3 Å². The molecule has 1 fully saturated rings. The molecule has 0 bridgehead atoms. The van der Waals surface area contributed by atoms with Crippen molar-refractivity contribution < 1.29 is 19.2 Å². The molecule has 0 aromatic heterocycles. The Bertz CT molecular complexity index is 619. The van der Waals surface area contributed by atoms with Crippen molar-refractivity contribution >= 4 is 17.5 Å². The molecule has 1 aliphatic heterocycles. The highest BCUT2D eigenvalue weighted by atomic mass is 16.6. The van der Waals surface area contributed by atoms with Crippen LogP contribution >= 0.6 is 0 Å². The van der Waals surface area contributed by atoms with Crippen LogP contribution in [0.2, 0.25) is 0 Å². The van der Waals surface area contributed by atoms with E-state index >= 15 is 0 Å². The second kappa shape index (κ2) is 6.94. The fraction of sp³-hybridized carbons (Fsp3) is 0.562. The number of amides is 1. The molecule has 8 nitrogen and oxygen atoms in total. The number of nitro groups is 1. The van der Waals surface area contributed by atoms with Gasteiger partial charge in [-0.15, -0.1) is 0 Å². The van der Waals surface area contributed by atoms with E-state index in [0.29, 0.717) is 31.9 Å². The Hall–Kier alpha value is -2.51. The number of para-hydroxylation sites is 1. The van der Waals surface area contributed by atoms with Gasteiger partial charge in [-0.3, -0.25) is 10.1 Å². The van der Waals surface area contributed by atoms with Crippen molar-refractivity contribution in [2.45, 2.75) is 26.4 Å². The van der Waals surface area contributed by atoms with Crippen molar-refractivity contribution in [2.24, 2.45) is 0 Å². The Labute approximate surface area is 141 Å². The molecule has 0 atom stereocenters. The molecule has 0 saturated carbocycles. The highest BCUT2D eigenvalue weighted by molar-refractivity contribution is 5.70. The average Bonchev–Trinajstić information content (AvgIpc) is 2.52. The second-order valence-electron chi connectivity index (χ2n) is 6.54. The van der Waals surface area contributed by atoms with E-state index in [1.807, 2.05) is 25.7 Å². The molecular weight excluding hydrogens is 314 g/mol. The van der Waals surface area contributed by atoms with Crippen LogP contribution in [0.5, 0.6) is 5.75 Å². The number of piperazine rings is 1. The van der Waals surface area contributed by atoms with Crippen LogP contribution in [-0.2, 0) is 4.74 Å². The molecule has 24 heavy (non-hydrogen) atoms. The van der Waals surface area contributed by atoms with Crippen LogP contribution in [0.1, 0.15) is 20.8 Å². The number of hydrogen-bond donors (Lipinski definition) is 0. The zero-order valence-electron chi connectivity index (χ0n) is 14.4. The predicted octanol–water partition coefficient (Wildman–Crippen LogP) is 2.66. The lowest BCUT2D eigenvalue weighted by atomic mass is 10.2. The molecule has 1 heterocycles. The van der Waals surface area contributed by atoms with Crippen molar-refractivity contribution in [3.63, 3.8) is 0 Å². The minimum absolute atomic E-state index is 0.0652. The van der Waals surface area contributed by atoms with Crippen LogP contribution in [0.4, 0.5) is 16.2 Å². The molecule has 0 unspecified atom stereocenters. The van der Waals surface area contributed by atoms with E-state index < -0.39 is 10.5 Å². The summed E-state index contributed by atoms with van der Waals surface area (Å²) in [6, 6.07) is 4.84. The number of hydrogen-bond acceptors (Lipinski definition) is 6. The molecule has 0 N–H and O–H groups in total. The van der Waals surface area contributed by atoms with Gasteiger partial charge in [0.2, 0.25) is 5.75 Å². The summed E-state index contributed by atoms with van der Waals surface area (Å²) in [5, 5.41) is 11.1. The normalized spacial score (nSPS) is 15.2. The molecule has 1 amide bonds. The third-order valence-corrected chi connectivity index (χ3v) is 3.65. The Morgan fingerprint density at radius 3 is 2.33 bits per heavy atom. The first-order valence-electron chi connectivity index (χ1n) is 7.77. The zero-order chi connectivity index (χ0) is 17.9. The minimum atomic E-state index is -0.530. The average molecular weight is 337 g/mol. The van der Waals surface area contributed by atoms with Crippen molar-refractivity contribution in [1.82, 2.24) is 4.90 Å². The first-order valence-corrected chi connectivity index (χ1v) is 7.77. The number of methoxy groups -OCH3 is 1. The molecule has 1 saturated heterocycles. The number of benzene rings is 1. The number of carbonyl (C=O) groups excluding carboxylic acids is 1. The number of anilines is 1. The van der Waals surface area contributed by atoms with E-state index in [1.54, 1.807) is 17.0 Å². The van der Waals surface area contributed by atoms with Gasteiger partial charge in [0, 0.05) is 32.2 Å². The second-order valence-corrected chi connectivity index (χ2v) is 6.54. The zero-order valence-corrected chi connectivity index (χ0v) is 14.4. The SMILES string of the molecule is COc1c(N2CCN(C(=O)OC(C)(C)C)CC2)cccc1[N+](=O)[O-]. The van der Waals surface area contributed by atoms with Gasteiger partial charge < -0.3 is 19.3 Å². The van der Waals surface area contributed by atoms with Gasteiger partial charge in [0.05, 0.1) is 17.7 Å². The Morgan fingerprint density at radius 2 is 1.83 bits per heavy atom. The third-order valence-electron chi connectivity index (χ3n) is 3.65. The van der Waals surface area contributed by atoms with Gasteiger partial charge in [-0.25, -0.2) is 4.79 Å². The number of nitrogens with zero attached hydrogens (tertiary/aromatic N) is 3. The van der Waals surface area contributed by atoms with E-state index in [4.69, 9.17) is 9.47 Å². The van der Waals surface area contributed by atoms with Gasteiger partial charge in [0.25, 0.3) is 0 Å². The molecule has 0 spiro atoms. The number of carbonyl (C=O) groups is 1. The predicted molar refractivity (Wildman–Crippen MR) is 89.7 cm³/mol. The Morgan fingerprint density at radius 1 is 1.21 bits per heavy atom. The number of ether oxygens (including phenoxy) is 2. The summed E-state index contributed by atoms with van der Waals surface area (Å²) >= 11 is 0. The molecule has 1 aromatic rings. The van der Waals surface area contributed by atoms with Gasteiger partial charge in [-0.1, -0.05) is 6.07 Å². The topological polar surface area (TPSA) is 85.2 Å². The van der Waals surface area contributed by atoms with E-state index in [1.165, 1.54) is 13.2 Å². The van der Waals surface area contributed by atoms with E-state index in [-0.39, 0.29) is 17.5 Å². The van der Waals surface area contributed by atoms with Gasteiger partial charge >= 0.3 is 11.8 Å². The summed E-state index contributed by atoms with van der Waals surface area (Å²) in [5.74, 6) is 0.244. The highest BCUT2D eigenvalue weighted by Crippen LogP contribution is 2.37. The summed E-state index contributed by atoms with van der Waals surface area (Å²) in [7, 11) is 1.42. The molecule has 2 rings (SSSR count). The minimum Gasteiger partial charge on any atom is -0.489 e. The fourth-order valence-corrected chi connectivity index (χ4v) is 2.57. The van der Waals surface area contributed by atoms with Crippen molar-refractivity contribution in [3.8, 4) is 5.75 Å².